The van der Waals surface area contributed by atoms with Crippen molar-refractivity contribution in [1.82, 2.24) is 29.2 Å². The van der Waals surface area contributed by atoms with E-state index < -0.39 is 12.1 Å². The normalized spacial score (nSPS) is 23.3. The quantitative estimate of drug-likeness (QED) is 0.499. The number of hydrogen-bond acceptors (Lipinski definition) is 5. The van der Waals surface area contributed by atoms with Crippen LogP contribution in [0.3, 0.4) is 0 Å². The summed E-state index contributed by atoms with van der Waals surface area (Å²) in [5.74, 6) is -0.0892. The second-order valence-electron chi connectivity index (χ2n) is 11.1. The average Bonchev–Trinajstić information content (AvgIpc) is 3.44. The van der Waals surface area contributed by atoms with Crippen molar-refractivity contribution in [3.8, 4) is 0 Å². The van der Waals surface area contributed by atoms with E-state index in [1.54, 1.807) is 12.5 Å². The summed E-state index contributed by atoms with van der Waals surface area (Å²) in [6, 6.07) is 9.24. The molecule has 10 heteroatoms. The number of carboxylic acid groups (broad SMARTS) is 1. The van der Waals surface area contributed by atoms with Crippen molar-refractivity contribution in [2.45, 2.75) is 63.2 Å². The summed E-state index contributed by atoms with van der Waals surface area (Å²) < 4.78 is 2.03. The van der Waals surface area contributed by atoms with Gasteiger partial charge in [-0.3, -0.25) is 19.6 Å². The molecule has 2 aliphatic heterocycles. The third-order valence-corrected chi connectivity index (χ3v) is 8.98. The molecule has 1 N–H and O–H groups in total. The van der Waals surface area contributed by atoms with Crippen molar-refractivity contribution in [2.24, 2.45) is 0 Å². The number of imidazole rings is 1. The van der Waals surface area contributed by atoms with E-state index in [1.165, 1.54) is 16.0 Å². The van der Waals surface area contributed by atoms with Crippen molar-refractivity contribution in [2.75, 3.05) is 26.2 Å². The highest BCUT2D eigenvalue weighted by Gasteiger charge is 2.43. The van der Waals surface area contributed by atoms with E-state index in [2.05, 4.69) is 22.0 Å². The minimum Gasteiger partial charge on any atom is -0.465 e. The number of carbonyl (C=O) groups is 2. The molecule has 0 bridgehead atoms. The molecule has 40 heavy (non-hydrogen) atoms. The number of rotatable bonds is 5. The van der Waals surface area contributed by atoms with Gasteiger partial charge < -0.3 is 14.6 Å². The van der Waals surface area contributed by atoms with Gasteiger partial charge in [-0.2, -0.15) is 0 Å². The predicted molar refractivity (Wildman–Crippen MR) is 151 cm³/mol. The first-order valence-electron chi connectivity index (χ1n) is 14.2. The van der Waals surface area contributed by atoms with E-state index in [1.807, 2.05) is 40.1 Å². The van der Waals surface area contributed by atoms with Crippen LogP contribution in [0, 0.1) is 0 Å². The molecule has 1 unspecified atom stereocenters. The molecule has 3 atom stereocenters. The lowest BCUT2D eigenvalue weighted by Gasteiger charge is -2.46. The molecule has 0 saturated carbocycles. The van der Waals surface area contributed by atoms with Crippen LogP contribution in [0.2, 0.25) is 5.02 Å². The average molecular weight is 563 g/mol. The number of halogens is 1. The Hall–Kier alpha value is -3.43. The fourth-order valence-corrected chi connectivity index (χ4v) is 6.93. The summed E-state index contributed by atoms with van der Waals surface area (Å²) in [6.45, 7) is 2.53. The molecule has 1 aromatic carbocycles. The van der Waals surface area contributed by atoms with Gasteiger partial charge in [0.15, 0.2) is 0 Å². The molecule has 2 amide bonds. The summed E-state index contributed by atoms with van der Waals surface area (Å²) in [4.78, 5) is 41.1. The van der Waals surface area contributed by atoms with Crippen molar-refractivity contribution >= 4 is 23.6 Å². The van der Waals surface area contributed by atoms with Gasteiger partial charge in [-0.05, 0) is 73.4 Å². The van der Waals surface area contributed by atoms with E-state index in [4.69, 9.17) is 16.6 Å². The van der Waals surface area contributed by atoms with Crippen LogP contribution in [0.25, 0.3) is 0 Å². The molecule has 4 heterocycles. The van der Waals surface area contributed by atoms with Crippen LogP contribution in [0.4, 0.5) is 4.79 Å². The number of piperidine rings is 1. The first-order chi connectivity index (χ1) is 19.5. The number of aromatic nitrogens is 3. The number of hydrogen-bond donors (Lipinski definition) is 1. The zero-order chi connectivity index (χ0) is 27.6. The first kappa shape index (κ1) is 26.8. The second-order valence-corrected chi connectivity index (χ2v) is 11.5. The SMILES string of the molecule is O=C([C@H]1CN([C@H]2c3ccc(Cl)cc3CCc3cccnc32)CCN1C(=O)O)N1CCCCC1CCn1ccnc1. The van der Waals surface area contributed by atoms with E-state index in [0.29, 0.717) is 24.7 Å². The molecule has 210 valence electrons. The minimum atomic E-state index is -1.04. The third-order valence-electron chi connectivity index (χ3n) is 8.75. The summed E-state index contributed by atoms with van der Waals surface area (Å²) in [7, 11) is 0. The summed E-state index contributed by atoms with van der Waals surface area (Å²) in [5.41, 5.74) is 4.47. The van der Waals surface area contributed by atoms with Crippen LogP contribution in [0.5, 0.6) is 0 Å². The molecule has 9 nitrogen and oxygen atoms in total. The highest BCUT2D eigenvalue weighted by Crippen LogP contribution is 2.38. The van der Waals surface area contributed by atoms with Crippen LogP contribution in [-0.4, -0.2) is 84.6 Å². The number of aryl methyl sites for hydroxylation is 3. The maximum absolute atomic E-state index is 14.2. The predicted octanol–water partition coefficient (Wildman–Crippen LogP) is 4.26. The van der Waals surface area contributed by atoms with Crippen molar-refractivity contribution in [1.29, 1.82) is 0 Å². The fourth-order valence-electron chi connectivity index (χ4n) is 6.73. The lowest BCUT2D eigenvalue weighted by Crippen LogP contribution is -2.63. The van der Waals surface area contributed by atoms with Gasteiger partial charge >= 0.3 is 6.09 Å². The lowest BCUT2D eigenvalue weighted by atomic mass is 9.94. The number of amides is 2. The van der Waals surface area contributed by atoms with Gasteiger partial charge in [0.25, 0.3) is 0 Å². The summed E-state index contributed by atoms with van der Waals surface area (Å²) in [6.07, 6.45) is 11.7. The number of fused-ring (bicyclic) bond motifs is 2. The van der Waals surface area contributed by atoms with Gasteiger partial charge in [-0.15, -0.1) is 0 Å². The van der Waals surface area contributed by atoms with Crippen LogP contribution in [-0.2, 0) is 24.2 Å². The van der Waals surface area contributed by atoms with Gasteiger partial charge in [0, 0.05) is 62.4 Å². The number of likely N-dealkylation sites (tertiary alicyclic amines) is 1. The van der Waals surface area contributed by atoms with Crippen LogP contribution >= 0.6 is 11.6 Å². The molecule has 6 rings (SSSR count). The largest absolute Gasteiger partial charge is 0.465 e. The topological polar surface area (TPSA) is 94.8 Å². The van der Waals surface area contributed by atoms with E-state index >= 15 is 0 Å². The van der Waals surface area contributed by atoms with Crippen LogP contribution < -0.4 is 0 Å². The van der Waals surface area contributed by atoms with Gasteiger partial charge in [-0.25, -0.2) is 9.78 Å². The Morgan fingerprint density at radius 2 is 1.90 bits per heavy atom. The Morgan fingerprint density at radius 1 is 1.02 bits per heavy atom. The molecule has 2 saturated heterocycles. The summed E-state index contributed by atoms with van der Waals surface area (Å²) in [5, 5.41) is 10.8. The fraction of sp³-hybridized carbons (Fsp3) is 0.467. The zero-order valence-electron chi connectivity index (χ0n) is 22.5. The number of carbonyl (C=O) groups excluding carboxylic acids is 1. The highest BCUT2D eigenvalue weighted by atomic mass is 35.5. The molecule has 0 radical (unpaired) electrons. The Balaban J connectivity index is 1.30. The maximum Gasteiger partial charge on any atom is 0.408 e. The molecular formula is C30H35ClN6O3. The van der Waals surface area contributed by atoms with Crippen LogP contribution in [0.15, 0.2) is 55.2 Å². The number of nitrogens with zero attached hydrogens (tertiary/aromatic N) is 6. The Kier molecular flexibility index (Phi) is 7.76. The third kappa shape index (κ3) is 5.32. The van der Waals surface area contributed by atoms with Crippen molar-refractivity contribution < 1.29 is 14.7 Å². The van der Waals surface area contributed by atoms with Gasteiger partial charge in [0.1, 0.15) is 6.04 Å². The molecule has 1 aliphatic carbocycles. The monoisotopic (exact) mass is 562 g/mol. The van der Waals surface area contributed by atoms with Gasteiger partial charge in [0.05, 0.1) is 18.1 Å². The van der Waals surface area contributed by atoms with Crippen molar-refractivity contribution in [3.63, 3.8) is 0 Å². The number of benzene rings is 1. The summed E-state index contributed by atoms with van der Waals surface area (Å²) >= 11 is 6.40. The van der Waals surface area contributed by atoms with Crippen LogP contribution in [0.1, 0.15) is 54.1 Å². The molecule has 2 aromatic heterocycles. The zero-order valence-corrected chi connectivity index (χ0v) is 23.3. The Labute approximate surface area is 239 Å². The van der Waals surface area contributed by atoms with E-state index in [0.717, 1.165) is 56.3 Å². The smallest absolute Gasteiger partial charge is 0.408 e. The second kappa shape index (κ2) is 11.6. The molecule has 3 aromatic rings. The lowest BCUT2D eigenvalue weighted by molar-refractivity contribution is -0.143. The van der Waals surface area contributed by atoms with E-state index in [9.17, 15) is 14.7 Å². The Morgan fingerprint density at radius 3 is 2.73 bits per heavy atom. The molecule has 0 spiro atoms. The number of piperazine rings is 1. The molecule has 3 aliphatic rings. The highest BCUT2D eigenvalue weighted by molar-refractivity contribution is 6.30. The van der Waals surface area contributed by atoms with Gasteiger partial charge in [-0.1, -0.05) is 23.7 Å². The molecule has 2 fully saturated rings. The standard InChI is InChI=1S/C30H35ClN6O3/c31-23-8-9-25-22(18-23)7-6-21-4-3-11-33-27(21)28(25)35-16-17-37(30(39)40)26(19-35)29(38)36-13-2-1-5-24(36)10-14-34-15-12-32-20-34/h3-4,8-9,11-12,15,18,20,24,26,28H,1-2,5-7,10,13-14,16-17,19H2,(H,39,40)/t24?,26-,28+/m1/s1. The Bertz CT molecular complexity index is 1370. The van der Waals surface area contributed by atoms with Crippen molar-refractivity contribution in [3.05, 3.63) is 82.7 Å². The minimum absolute atomic E-state index is 0.0813. The van der Waals surface area contributed by atoms with Gasteiger partial charge in [0.2, 0.25) is 5.91 Å². The molecular weight excluding hydrogens is 528 g/mol. The maximum atomic E-state index is 14.2. The number of pyridine rings is 1. The first-order valence-corrected chi connectivity index (χ1v) is 14.6. The van der Waals surface area contributed by atoms with E-state index in [-0.39, 0.29) is 24.5 Å².